The molecule has 0 saturated heterocycles. The second-order valence-corrected chi connectivity index (χ2v) is 10.5. The van der Waals surface area contributed by atoms with Crippen molar-refractivity contribution in [3.05, 3.63) is 44.8 Å². The molecule has 1 atom stereocenters. The van der Waals surface area contributed by atoms with Crippen LogP contribution in [-0.4, -0.2) is 47.3 Å². The van der Waals surface area contributed by atoms with Gasteiger partial charge < -0.3 is 14.4 Å². The largest absolute Gasteiger partial charge is 0.447 e. The smallest absolute Gasteiger partial charge is 0.410 e. The predicted molar refractivity (Wildman–Crippen MR) is 127 cm³/mol. The van der Waals surface area contributed by atoms with Crippen molar-refractivity contribution in [1.82, 2.24) is 9.80 Å². The van der Waals surface area contributed by atoms with E-state index in [9.17, 15) is 9.59 Å². The van der Waals surface area contributed by atoms with E-state index in [1.165, 1.54) is 0 Å². The maximum atomic E-state index is 13.0. The van der Waals surface area contributed by atoms with Crippen LogP contribution in [0.4, 0.5) is 9.59 Å². The standard InChI is InChI=1S/C23H34N2O4S2/c1-6-7-10-18(24(5)21(26)29-23(2,3)4)17-28-22(27)25(15-19-11-8-13-30-19)16-20-12-9-14-31-20/h8-9,11-14,18H,6-7,10,15-17H2,1-5H3. The Bertz CT molecular complexity index is 749. The molecule has 0 saturated carbocycles. The first-order valence-electron chi connectivity index (χ1n) is 10.6. The van der Waals surface area contributed by atoms with Gasteiger partial charge in [-0.1, -0.05) is 31.9 Å². The van der Waals surface area contributed by atoms with Gasteiger partial charge in [-0.05, 0) is 50.1 Å². The number of thiophene rings is 2. The minimum absolute atomic E-state index is 0.139. The van der Waals surface area contributed by atoms with Gasteiger partial charge in [0.15, 0.2) is 0 Å². The molecule has 31 heavy (non-hydrogen) atoms. The first-order valence-corrected chi connectivity index (χ1v) is 12.4. The SMILES string of the molecule is CCCCC(COC(=O)N(Cc1cccs1)Cc1cccs1)N(C)C(=O)OC(C)(C)C. The van der Waals surface area contributed by atoms with Crippen molar-refractivity contribution < 1.29 is 19.1 Å². The lowest BCUT2D eigenvalue weighted by molar-refractivity contribution is 0.0101. The monoisotopic (exact) mass is 466 g/mol. The van der Waals surface area contributed by atoms with Crippen LogP contribution in [0.2, 0.25) is 0 Å². The number of rotatable bonds is 10. The van der Waals surface area contributed by atoms with Crippen molar-refractivity contribution in [2.45, 2.75) is 71.7 Å². The summed E-state index contributed by atoms with van der Waals surface area (Å²) in [5.74, 6) is 0. The molecule has 8 heteroatoms. The molecule has 0 fully saturated rings. The van der Waals surface area contributed by atoms with Gasteiger partial charge >= 0.3 is 12.2 Å². The van der Waals surface area contributed by atoms with Crippen LogP contribution in [0.1, 0.15) is 56.7 Å². The molecule has 0 aliphatic heterocycles. The summed E-state index contributed by atoms with van der Waals surface area (Å²) in [5.41, 5.74) is -0.574. The van der Waals surface area contributed by atoms with Crippen molar-refractivity contribution in [1.29, 1.82) is 0 Å². The second kappa shape index (κ2) is 12.1. The highest BCUT2D eigenvalue weighted by molar-refractivity contribution is 7.10. The minimum Gasteiger partial charge on any atom is -0.447 e. The van der Waals surface area contributed by atoms with E-state index in [1.807, 2.05) is 55.8 Å². The Balaban J connectivity index is 2.03. The Morgan fingerprint density at radius 2 is 1.61 bits per heavy atom. The minimum atomic E-state index is -0.574. The molecule has 1 unspecified atom stereocenters. The molecule has 2 rings (SSSR count). The molecule has 0 aliphatic carbocycles. The summed E-state index contributed by atoms with van der Waals surface area (Å²) >= 11 is 3.23. The zero-order chi connectivity index (χ0) is 22.9. The Kier molecular flexibility index (Phi) is 9.84. The van der Waals surface area contributed by atoms with E-state index in [2.05, 4.69) is 6.92 Å². The lowest BCUT2D eigenvalue weighted by Crippen LogP contribution is -2.44. The van der Waals surface area contributed by atoms with Crippen LogP contribution in [-0.2, 0) is 22.6 Å². The van der Waals surface area contributed by atoms with E-state index >= 15 is 0 Å². The first kappa shape index (κ1) is 25.2. The number of carbonyl (C=O) groups is 2. The van der Waals surface area contributed by atoms with Crippen LogP contribution in [0.5, 0.6) is 0 Å². The van der Waals surface area contributed by atoms with Crippen LogP contribution in [0.25, 0.3) is 0 Å². The average Bonchev–Trinajstić information content (AvgIpc) is 3.39. The zero-order valence-corrected chi connectivity index (χ0v) is 20.8. The van der Waals surface area contributed by atoms with Crippen LogP contribution < -0.4 is 0 Å². The van der Waals surface area contributed by atoms with E-state index in [0.717, 1.165) is 29.0 Å². The van der Waals surface area contributed by atoms with Crippen molar-refractivity contribution in [2.75, 3.05) is 13.7 Å². The number of likely N-dealkylation sites (N-methyl/N-ethyl adjacent to an activating group) is 1. The normalized spacial score (nSPS) is 12.3. The maximum Gasteiger partial charge on any atom is 0.410 e. The highest BCUT2D eigenvalue weighted by Crippen LogP contribution is 2.19. The van der Waals surface area contributed by atoms with Gasteiger partial charge in [0.25, 0.3) is 0 Å². The molecule has 172 valence electrons. The summed E-state index contributed by atoms with van der Waals surface area (Å²) in [5, 5.41) is 4.00. The van der Waals surface area contributed by atoms with Gasteiger partial charge in [-0.2, -0.15) is 0 Å². The number of nitrogens with zero attached hydrogens (tertiary/aromatic N) is 2. The quantitative estimate of drug-likeness (QED) is 0.408. The maximum absolute atomic E-state index is 13.0. The summed E-state index contributed by atoms with van der Waals surface area (Å²) in [6, 6.07) is 7.75. The number of unbranched alkanes of at least 4 members (excludes halogenated alkanes) is 1. The predicted octanol–water partition coefficient (Wildman–Crippen LogP) is 6.37. The van der Waals surface area contributed by atoms with Gasteiger partial charge in [0, 0.05) is 16.8 Å². The number of ether oxygens (including phenoxy) is 2. The van der Waals surface area contributed by atoms with Crippen LogP contribution >= 0.6 is 22.7 Å². The fourth-order valence-electron chi connectivity index (χ4n) is 2.94. The fraction of sp³-hybridized carbons (Fsp3) is 0.565. The van der Waals surface area contributed by atoms with Gasteiger partial charge in [0.2, 0.25) is 0 Å². The third kappa shape index (κ3) is 8.91. The molecule has 2 aromatic rings. The molecule has 2 heterocycles. The molecule has 2 aromatic heterocycles. The van der Waals surface area contributed by atoms with Crippen molar-refractivity contribution in [3.8, 4) is 0 Å². The average molecular weight is 467 g/mol. The Labute approximate surface area is 193 Å². The summed E-state index contributed by atoms with van der Waals surface area (Å²) in [6.45, 7) is 8.75. The third-order valence-corrected chi connectivity index (χ3v) is 6.35. The third-order valence-electron chi connectivity index (χ3n) is 4.63. The molecular weight excluding hydrogens is 432 g/mol. The molecular formula is C23H34N2O4S2. The van der Waals surface area contributed by atoms with E-state index in [4.69, 9.17) is 9.47 Å². The Hall–Kier alpha value is -2.06. The molecule has 2 amide bonds. The van der Waals surface area contributed by atoms with Crippen molar-refractivity contribution in [2.24, 2.45) is 0 Å². The van der Waals surface area contributed by atoms with Crippen LogP contribution in [0.3, 0.4) is 0 Å². The number of carbonyl (C=O) groups excluding carboxylic acids is 2. The number of hydrogen-bond donors (Lipinski definition) is 0. The molecule has 0 spiro atoms. The van der Waals surface area contributed by atoms with Crippen molar-refractivity contribution in [3.63, 3.8) is 0 Å². The highest BCUT2D eigenvalue weighted by Gasteiger charge is 2.27. The first-order chi connectivity index (χ1) is 14.7. The van der Waals surface area contributed by atoms with Gasteiger partial charge in [0.05, 0.1) is 19.1 Å². The van der Waals surface area contributed by atoms with E-state index in [1.54, 1.807) is 39.5 Å². The topological polar surface area (TPSA) is 59.1 Å². The van der Waals surface area contributed by atoms with E-state index in [0.29, 0.717) is 13.1 Å². The summed E-state index contributed by atoms with van der Waals surface area (Å²) in [6.07, 6.45) is 1.90. The fourth-order valence-corrected chi connectivity index (χ4v) is 4.38. The molecule has 0 bridgehead atoms. The summed E-state index contributed by atoms with van der Waals surface area (Å²) < 4.78 is 11.2. The van der Waals surface area contributed by atoms with Gasteiger partial charge in [-0.15, -0.1) is 22.7 Å². The van der Waals surface area contributed by atoms with Crippen LogP contribution in [0, 0.1) is 0 Å². The van der Waals surface area contributed by atoms with E-state index in [-0.39, 0.29) is 18.7 Å². The molecule has 0 radical (unpaired) electrons. The molecule has 6 nitrogen and oxygen atoms in total. The lowest BCUT2D eigenvalue weighted by Gasteiger charge is -2.31. The lowest BCUT2D eigenvalue weighted by atomic mass is 10.1. The second-order valence-electron chi connectivity index (χ2n) is 8.48. The number of amides is 2. The number of hydrogen-bond acceptors (Lipinski definition) is 6. The summed E-state index contributed by atoms with van der Waals surface area (Å²) in [7, 11) is 1.71. The molecule has 0 aromatic carbocycles. The Morgan fingerprint density at radius 1 is 1.03 bits per heavy atom. The van der Waals surface area contributed by atoms with E-state index < -0.39 is 11.7 Å². The molecule has 0 aliphatic rings. The zero-order valence-electron chi connectivity index (χ0n) is 19.1. The van der Waals surface area contributed by atoms with Crippen LogP contribution in [0.15, 0.2) is 35.0 Å². The molecule has 0 N–H and O–H groups in total. The van der Waals surface area contributed by atoms with Crippen molar-refractivity contribution >= 4 is 34.9 Å². The summed E-state index contributed by atoms with van der Waals surface area (Å²) in [4.78, 5) is 31.0. The van der Waals surface area contributed by atoms with Gasteiger partial charge in [-0.3, -0.25) is 4.90 Å². The van der Waals surface area contributed by atoms with Gasteiger partial charge in [-0.25, -0.2) is 9.59 Å². The van der Waals surface area contributed by atoms with Gasteiger partial charge in [0.1, 0.15) is 12.2 Å². The Morgan fingerprint density at radius 3 is 2.06 bits per heavy atom. The highest BCUT2D eigenvalue weighted by atomic mass is 32.1.